The van der Waals surface area contributed by atoms with Gasteiger partial charge in [0, 0.05) is 104 Å². The van der Waals surface area contributed by atoms with Crippen LogP contribution < -0.4 is 33.5 Å². The molecule has 20 aromatic rings. The molecule has 20 rings (SSSR count). The van der Waals surface area contributed by atoms with Crippen LogP contribution in [0.4, 0.5) is 50.4 Å². The van der Waals surface area contributed by atoms with Gasteiger partial charge in [-0.3, -0.25) is 64.4 Å². The monoisotopic (exact) mass is 2040 g/mol. The summed E-state index contributed by atoms with van der Waals surface area (Å²) < 4.78 is 79.2. The Morgan fingerprint density at radius 1 is 0.284 bits per heavy atom. The highest BCUT2D eigenvalue weighted by Crippen LogP contribution is 2.26. The average Bonchev–Trinajstić information content (AvgIpc) is 1.64. The van der Waals surface area contributed by atoms with E-state index in [2.05, 4.69) is 91.0 Å². The number of halogens is 7. The van der Waals surface area contributed by atoms with E-state index in [1.807, 2.05) is 141 Å². The van der Waals surface area contributed by atoms with Gasteiger partial charge in [-0.05, 0) is 137 Å². The van der Waals surface area contributed by atoms with Gasteiger partial charge in [-0.15, -0.1) is 0 Å². The molecule has 0 aliphatic rings. The lowest BCUT2D eigenvalue weighted by Gasteiger charge is -2.11. The number of imidazole rings is 5. The molecule has 141 heavy (non-hydrogen) atoms. The molecule has 10 heterocycles. The number of benzene rings is 10. The Kier molecular flexibility index (Phi) is 33.7. The minimum absolute atomic E-state index is 0. The van der Waals surface area contributed by atoms with Crippen LogP contribution in [0.25, 0.3) is 55.2 Å². The fourth-order valence-electron chi connectivity index (χ4n) is 14.6. The molecule has 0 aliphatic carbocycles. The molecule has 33 nitrogen and oxygen atoms in total. The van der Waals surface area contributed by atoms with Crippen molar-refractivity contribution >= 4 is 115 Å². The normalized spacial score (nSPS) is 10.7. The number of nitro groups is 4. The number of hydrogen-bond acceptors (Lipinski definition) is 19. The molecule has 0 saturated carbocycles. The largest absolute Gasteiger partial charge is 0.394 e. The fourth-order valence-corrected chi connectivity index (χ4v) is 15.4. The van der Waals surface area contributed by atoms with Crippen molar-refractivity contribution in [2.24, 2.45) is 0 Å². The molecule has 0 fully saturated rings. The lowest BCUT2D eigenvalue weighted by atomic mass is 10.2. The zero-order valence-corrected chi connectivity index (χ0v) is 76.6. The number of rotatable bonds is 22. The summed E-state index contributed by atoms with van der Waals surface area (Å²) in [6.45, 7) is 1.92. The quantitative estimate of drug-likeness (QED) is 0.0245. The van der Waals surface area contributed by atoms with Crippen LogP contribution in [0, 0.1) is 69.5 Å². The summed E-state index contributed by atoms with van der Waals surface area (Å²) in [5, 5.41) is 45.5. The summed E-state index contributed by atoms with van der Waals surface area (Å²) in [6.07, 6.45) is 7.49. The lowest BCUT2D eigenvalue weighted by molar-refractivity contribution is -0.386. The second-order valence-corrected chi connectivity index (χ2v) is 32.0. The molecule has 0 bridgehead atoms. The van der Waals surface area contributed by atoms with Crippen molar-refractivity contribution in [2.45, 2.75) is 70.4 Å². The zero-order chi connectivity index (χ0) is 99.0. The van der Waals surface area contributed by atoms with Crippen molar-refractivity contribution in [3.63, 3.8) is 0 Å². The maximum atomic E-state index is 13.7. The first-order valence-corrected chi connectivity index (χ1v) is 44.7. The number of fused-ring (bicyclic) bond motifs is 5. The second-order valence-electron chi connectivity index (χ2n) is 30.9. The van der Waals surface area contributed by atoms with Crippen molar-refractivity contribution in [1.29, 1.82) is 0 Å². The van der Waals surface area contributed by atoms with Gasteiger partial charge in [-0.2, -0.15) is 0 Å². The first-order chi connectivity index (χ1) is 67.6. The summed E-state index contributed by atoms with van der Waals surface area (Å²) in [7, 11) is 0. The number of nitrogens with zero attached hydrogens (tertiary/aromatic N) is 17. The van der Waals surface area contributed by atoms with E-state index in [0.29, 0.717) is 87.4 Å². The highest BCUT2D eigenvalue weighted by Gasteiger charge is 2.23. The molecule has 4 N–H and O–H groups in total. The third kappa shape index (κ3) is 25.9. The maximum absolute atomic E-state index is 13.7. The molecule has 0 amide bonds. The van der Waals surface area contributed by atoms with Crippen molar-refractivity contribution in [3.05, 3.63) is 513 Å². The Bertz CT molecular complexity index is 7800. The number of hydrogen-bond donors (Lipinski definition) is 3. The first kappa shape index (κ1) is 101. The lowest BCUT2D eigenvalue weighted by Crippen LogP contribution is -2.24. The standard InChI is InChI=1S/2C20H15FN4O3.C20H17FN4O.2C13H9FN4O3.2C7H7Br.CH4/c2*21-15-8-9-17-16(11-15)22-19(24(17)12-14-5-2-1-3-6-14)13-23-10-4-7-18(20(23)26)25(27)28;21-15-8-9-18-17(11-15)23-19(13-24-10-4-7-16(22)20(24)26)25(18)12-14-5-2-1-3-6-14;2*14-8-3-4-9-10(6-8)16-12(15-9)7-17-5-1-2-11(13(17)19)18(20)21;2*8-6-7-4-2-1-3-5-7;/h2*1-11H,12-13H2;1-11H,12-13,22H2;2*1-6H,7H2,(H,15,16);2*1-5H,6H2;1H4. The van der Waals surface area contributed by atoms with E-state index in [1.54, 1.807) is 36.5 Å². The molecule has 10 aromatic heterocycles. The van der Waals surface area contributed by atoms with Crippen molar-refractivity contribution in [2.75, 3.05) is 5.73 Å². The number of anilines is 1. The maximum Gasteiger partial charge on any atom is 0.334 e. The number of pyridine rings is 5. The van der Waals surface area contributed by atoms with E-state index in [-0.39, 0.29) is 57.2 Å². The third-order valence-electron chi connectivity index (χ3n) is 21.3. The molecular weight excluding hydrogens is 1960 g/mol. The number of nitrogens with one attached hydrogen (secondary N) is 2. The van der Waals surface area contributed by atoms with Crippen LogP contribution >= 0.6 is 31.9 Å². The van der Waals surface area contributed by atoms with E-state index in [4.69, 9.17) is 5.73 Å². The Hall–Kier alpha value is -17.7. The average molecular weight is 2040 g/mol. The van der Waals surface area contributed by atoms with Crippen molar-refractivity contribution < 1.29 is 41.6 Å². The number of nitrogens with two attached hydrogens (primary N) is 1. The predicted molar refractivity (Wildman–Crippen MR) is 533 cm³/mol. The minimum Gasteiger partial charge on any atom is -0.394 e. The molecule has 0 radical (unpaired) electrons. The fraction of sp³-hybridized carbons (Fsp3) is 0.109. The van der Waals surface area contributed by atoms with Gasteiger partial charge in [0.2, 0.25) is 0 Å². The molecule has 0 unspecified atom stereocenters. The number of alkyl halides is 2. The number of nitrogen functional groups attached to an aromatic ring is 1. The van der Waals surface area contributed by atoms with Crippen LogP contribution in [0.2, 0.25) is 0 Å². The SMILES string of the molecule is BrCc1ccccc1.BrCc1ccccc1.C.Nc1cccn(Cc2nc3cc(F)ccc3n2Cc2ccccc2)c1=O.O=c1c([N+](=O)[O-])cccn1Cc1nc2cc(F)ccc2n1Cc1ccccc1.O=c1c([N+](=O)[O-])cccn1Cc1nc2cc(F)ccc2n1Cc1ccccc1.O=c1c([N+](=O)[O-])cccn1Cc1nc2ccc(F)cc2[nH]1.O=c1c([N+](=O)[O-])cccn1Cc1nc2ccc(F)cc2[nH]1. The Morgan fingerprint density at radius 2 is 0.532 bits per heavy atom. The second kappa shape index (κ2) is 47.2. The van der Waals surface area contributed by atoms with Gasteiger partial charge in [-0.1, -0.05) is 191 Å². The Morgan fingerprint density at radius 3 is 0.801 bits per heavy atom. The van der Waals surface area contributed by atoms with Crippen molar-refractivity contribution in [1.82, 2.24) is 71.4 Å². The van der Waals surface area contributed by atoms with Crippen LogP contribution in [0.15, 0.2) is 358 Å². The van der Waals surface area contributed by atoms with Gasteiger partial charge in [0.25, 0.3) is 5.56 Å². The first-order valence-electron chi connectivity index (χ1n) is 42.5. The molecule has 0 atom stereocenters. The van der Waals surface area contributed by atoms with Gasteiger partial charge in [-0.25, -0.2) is 46.9 Å². The van der Waals surface area contributed by atoms with Gasteiger partial charge >= 0.3 is 45.0 Å². The van der Waals surface area contributed by atoms with Crippen LogP contribution in [0.1, 0.15) is 64.4 Å². The van der Waals surface area contributed by atoms with Crippen LogP contribution in [-0.4, -0.2) is 91.1 Å². The highest BCUT2D eigenvalue weighted by molar-refractivity contribution is 9.08. The van der Waals surface area contributed by atoms with Crippen LogP contribution in [-0.2, 0) is 63.0 Å². The number of aromatic nitrogens is 15. The van der Waals surface area contributed by atoms with Gasteiger partial charge in [0.15, 0.2) is 0 Å². The zero-order valence-electron chi connectivity index (χ0n) is 73.5. The molecular formula is C101H83Br2F5N20O13. The third-order valence-corrected chi connectivity index (χ3v) is 22.6. The minimum atomic E-state index is -0.729. The van der Waals surface area contributed by atoms with E-state index >= 15 is 0 Å². The van der Waals surface area contributed by atoms with Crippen molar-refractivity contribution in [3.8, 4) is 0 Å². The summed E-state index contributed by atoms with van der Waals surface area (Å²) in [4.78, 5) is 129. The highest BCUT2D eigenvalue weighted by atomic mass is 79.9. The molecule has 0 aliphatic heterocycles. The predicted octanol–water partition coefficient (Wildman–Crippen LogP) is 19.1. The number of H-pyrrole nitrogens is 2. The Labute approximate surface area is 812 Å². The summed E-state index contributed by atoms with van der Waals surface area (Å²) in [5.41, 5.74) is 12.4. The molecule has 0 spiro atoms. The van der Waals surface area contributed by atoms with Gasteiger partial charge in [0.1, 0.15) is 58.2 Å². The Balaban J connectivity index is 0.000000143. The molecule has 10 aromatic carbocycles. The van der Waals surface area contributed by atoms with Gasteiger partial charge < -0.3 is 52.2 Å². The molecule has 714 valence electrons. The molecule has 40 heteroatoms. The van der Waals surface area contributed by atoms with E-state index in [9.17, 15) is 86.4 Å². The topological polar surface area (TPSA) is 419 Å². The van der Waals surface area contributed by atoms with E-state index < -0.39 is 87.9 Å². The summed E-state index contributed by atoms with van der Waals surface area (Å²) in [5.74, 6) is 0.564. The summed E-state index contributed by atoms with van der Waals surface area (Å²) in [6, 6.07) is 84.8. The van der Waals surface area contributed by atoms with E-state index in [0.717, 1.165) is 56.0 Å². The van der Waals surface area contributed by atoms with Crippen LogP contribution in [0.5, 0.6) is 0 Å². The van der Waals surface area contributed by atoms with E-state index in [1.165, 1.54) is 168 Å². The molecule has 0 saturated heterocycles. The van der Waals surface area contributed by atoms with Gasteiger partial charge in [0.05, 0.1) is 113 Å². The van der Waals surface area contributed by atoms with Crippen LogP contribution in [0.3, 0.4) is 0 Å². The smallest absolute Gasteiger partial charge is 0.334 e. The summed E-state index contributed by atoms with van der Waals surface area (Å²) >= 11 is 6.71. The number of aromatic amines is 2.